The van der Waals surface area contributed by atoms with E-state index in [9.17, 15) is 9.59 Å². The molecule has 0 N–H and O–H groups in total. The molecule has 4 rings (SSSR count). The number of hydrogen-bond acceptors (Lipinski definition) is 7. The number of allylic oxidation sites excluding steroid dienone is 1. The Morgan fingerprint density at radius 3 is 2.47 bits per heavy atom. The van der Waals surface area contributed by atoms with Gasteiger partial charge in [-0.3, -0.25) is 9.36 Å². The number of nitrogens with zero attached hydrogens (tertiary/aromatic N) is 2. The number of rotatable bonds is 5. The number of esters is 1. The highest BCUT2D eigenvalue weighted by Gasteiger charge is 2.33. The first-order valence-corrected chi connectivity index (χ1v) is 11.6. The molecule has 1 aromatic heterocycles. The fraction of sp³-hybridized carbons (Fsp3) is 0.208. The van der Waals surface area contributed by atoms with Crippen molar-refractivity contribution in [2.75, 3.05) is 21.3 Å². The van der Waals surface area contributed by atoms with E-state index < -0.39 is 12.0 Å². The Labute approximate surface area is 209 Å². The summed E-state index contributed by atoms with van der Waals surface area (Å²) in [5.41, 5.74) is 1.69. The summed E-state index contributed by atoms with van der Waals surface area (Å²) in [7, 11) is 4.35. The standard InChI is InChI=1S/C24H20Cl2N2O5S/c1-12-20(23(30)33-4)21(14-6-8-17(31-2)18(9-14)32-3)28-22(29)19(34-24(28)27-12)10-13-5-7-15(25)11-16(13)26/h5-11,21H,1-4H3/b19-10+/t21-/m0/s1. The molecule has 0 saturated heterocycles. The van der Waals surface area contributed by atoms with Crippen LogP contribution >= 0.6 is 34.5 Å². The largest absolute Gasteiger partial charge is 0.493 e. The Morgan fingerprint density at radius 2 is 1.82 bits per heavy atom. The minimum atomic E-state index is -0.772. The van der Waals surface area contributed by atoms with Crippen LogP contribution in [0, 0.1) is 0 Å². The molecule has 2 aromatic carbocycles. The average Bonchev–Trinajstić information content (AvgIpc) is 3.13. The smallest absolute Gasteiger partial charge is 0.338 e. The number of halogens is 2. The normalized spacial score (nSPS) is 15.6. The van der Waals surface area contributed by atoms with Gasteiger partial charge in [0, 0.05) is 10.0 Å². The van der Waals surface area contributed by atoms with E-state index in [1.807, 2.05) is 0 Å². The SMILES string of the molecule is COC(=O)C1=C(C)N=c2s/c(=C/c3ccc(Cl)cc3Cl)c(=O)n2[C@H]1c1ccc(OC)c(OC)c1. The highest BCUT2D eigenvalue weighted by molar-refractivity contribution is 7.07. The third-order valence-corrected chi connectivity index (χ3v) is 6.94. The van der Waals surface area contributed by atoms with Gasteiger partial charge in [0.15, 0.2) is 16.3 Å². The zero-order chi connectivity index (χ0) is 24.6. The summed E-state index contributed by atoms with van der Waals surface area (Å²) in [6.07, 6.45) is 1.69. The minimum absolute atomic E-state index is 0.262. The first-order valence-electron chi connectivity index (χ1n) is 10.1. The van der Waals surface area contributed by atoms with Gasteiger partial charge in [0.2, 0.25) is 0 Å². The molecule has 0 spiro atoms. The molecule has 0 saturated carbocycles. The molecule has 2 heterocycles. The molecular formula is C24H20Cl2N2O5S. The van der Waals surface area contributed by atoms with Gasteiger partial charge < -0.3 is 14.2 Å². The maximum absolute atomic E-state index is 13.6. The molecule has 10 heteroatoms. The van der Waals surface area contributed by atoms with E-state index in [-0.39, 0.29) is 11.1 Å². The molecule has 1 aliphatic heterocycles. The van der Waals surface area contributed by atoms with Crippen molar-refractivity contribution >= 4 is 46.6 Å². The van der Waals surface area contributed by atoms with Crippen LogP contribution in [0.15, 0.2) is 57.5 Å². The van der Waals surface area contributed by atoms with E-state index in [4.69, 9.17) is 37.4 Å². The lowest BCUT2D eigenvalue weighted by Gasteiger charge is -2.25. The van der Waals surface area contributed by atoms with Crippen LogP contribution in [0.5, 0.6) is 11.5 Å². The van der Waals surface area contributed by atoms with Gasteiger partial charge >= 0.3 is 5.97 Å². The fourth-order valence-corrected chi connectivity index (χ4v) is 5.29. The zero-order valence-electron chi connectivity index (χ0n) is 18.7. The van der Waals surface area contributed by atoms with Crippen LogP contribution in [-0.4, -0.2) is 31.9 Å². The van der Waals surface area contributed by atoms with Gasteiger partial charge in [-0.2, -0.15) is 0 Å². The third kappa shape index (κ3) is 4.24. The monoisotopic (exact) mass is 518 g/mol. The summed E-state index contributed by atoms with van der Waals surface area (Å²) in [5.74, 6) is 0.418. The van der Waals surface area contributed by atoms with Gasteiger partial charge in [-0.25, -0.2) is 9.79 Å². The Morgan fingerprint density at radius 1 is 1.09 bits per heavy atom. The van der Waals surface area contributed by atoms with Crippen molar-refractivity contribution in [2.45, 2.75) is 13.0 Å². The van der Waals surface area contributed by atoms with Crippen LogP contribution in [0.25, 0.3) is 6.08 Å². The Kier molecular flexibility index (Phi) is 6.84. The topological polar surface area (TPSA) is 79.1 Å². The fourth-order valence-electron chi connectivity index (χ4n) is 3.79. The molecule has 0 aliphatic carbocycles. The number of fused-ring (bicyclic) bond motifs is 1. The number of aromatic nitrogens is 1. The minimum Gasteiger partial charge on any atom is -0.493 e. The molecular weight excluding hydrogens is 499 g/mol. The van der Waals surface area contributed by atoms with Crippen LogP contribution in [-0.2, 0) is 9.53 Å². The molecule has 34 heavy (non-hydrogen) atoms. The summed E-state index contributed by atoms with van der Waals surface area (Å²) in [6.45, 7) is 1.72. The molecule has 0 unspecified atom stereocenters. The highest BCUT2D eigenvalue weighted by Crippen LogP contribution is 2.36. The quantitative estimate of drug-likeness (QED) is 0.480. The Bertz CT molecular complexity index is 1510. The molecule has 0 radical (unpaired) electrons. The number of thiazole rings is 1. The lowest BCUT2D eigenvalue weighted by atomic mass is 9.95. The zero-order valence-corrected chi connectivity index (χ0v) is 21.0. The molecule has 0 fully saturated rings. The van der Waals surface area contributed by atoms with Gasteiger partial charge in [0.1, 0.15) is 0 Å². The van der Waals surface area contributed by atoms with Gasteiger partial charge in [0.25, 0.3) is 5.56 Å². The van der Waals surface area contributed by atoms with E-state index in [1.165, 1.54) is 37.2 Å². The first kappa shape index (κ1) is 24.1. The van der Waals surface area contributed by atoms with Crippen molar-refractivity contribution in [3.8, 4) is 11.5 Å². The Balaban J connectivity index is 1.99. The number of hydrogen-bond donors (Lipinski definition) is 0. The molecule has 1 atom stereocenters. The van der Waals surface area contributed by atoms with Crippen LogP contribution < -0.4 is 24.4 Å². The predicted octanol–water partition coefficient (Wildman–Crippen LogP) is 3.73. The lowest BCUT2D eigenvalue weighted by Crippen LogP contribution is -2.39. The summed E-state index contributed by atoms with van der Waals surface area (Å²) in [6, 6.07) is 9.51. The Hall–Kier alpha value is -3.07. The number of benzene rings is 2. The van der Waals surface area contributed by atoms with E-state index in [0.29, 0.717) is 47.7 Å². The second-order valence-corrected chi connectivity index (χ2v) is 9.21. The maximum Gasteiger partial charge on any atom is 0.338 e. The number of methoxy groups -OCH3 is 3. The van der Waals surface area contributed by atoms with Gasteiger partial charge in [-0.1, -0.05) is 46.7 Å². The van der Waals surface area contributed by atoms with Gasteiger partial charge in [-0.05, 0) is 48.4 Å². The van der Waals surface area contributed by atoms with Crippen LogP contribution in [0.4, 0.5) is 0 Å². The molecule has 0 bridgehead atoms. The molecule has 176 valence electrons. The number of carbonyl (C=O) groups is 1. The van der Waals surface area contributed by atoms with Crippen molar-refractivity contribution in [1.82, 2.24) is 4.57 Å². The van der Waals surface area contributed by atoms with Crippen molar-refractivity contribution in [2.24, 2.45) is 4.99 Å². The van der Waals surface area contributed by atoms with Crippen molar-refractivity contribution < 1.29 is 19.0 Å². The van der Waals surface area contributed by atoms with E-state index in [2.05, 4.69) is 4.99 Å². The summed E-state index contributed by atoms with van der Waals surface area (Å²) in [5, 5.41) is 0.914. The predicted molar refractivity (Wildman–Crippen MR) is 132 cm³/mol. The molecule has 0 amide bonds. The summed E-state index contributed by atoms with van der Waals surface area (Å²) < 4.78 is 17.7. The third-order valence-electron chi connectivity index (χ3n) is 5.40. The van der Waals surface area contributed by atoms with Gasteiger partial charge in [0.05, 0.1) is 43.2 Å². The second kappa shape index (κ2) is 9.66. The molecule has 3 aromatic rings. The second-order valence-electron chi connectivity index (χ2n) is 7.35. The van der Waals surface area contributed by atoms with Crippen molar-refractivity contribution in [3.63, 3.8) is 0 Å². The highest BCUT2D eigenvalue weighted by atomic mass is 35.5. The van der Waals surface area contributed by atoms with Gasteiger partial charge in [-0.15, -0.1) is 0 Å². The van der Waals surface area contributed by atoms with Crippen LogP contribution in [0.3, 0.4) is 0 Å². The maximum atomic E-state index is 13.6. The van der Waals surface area contributed by atoms with Crippen LogP contribution in [0.1, 0.15) is 24.1 Å². The molecule has 1 aliphatic rings. The van der Waals surface area contributed by atoms with E-state index in [0.717, 1.165) is 0 Å². The first-order chi connectivity index (χ1) is 16.3. The summed E-state index contributed by atoms with van der Waals surface area (Å²) in [4.78, 5) is 31.4. The van der Waals surface area contributed by atoms with E-state index in [1.54, 1.807) is 49.4 Å². The van der Waals surface area contributed by atoms with Crippen LogP contribution in [0.2, 0.25) is 10.0 Å². The van der Waals surface area contributed by atoms with E-state index >= 15 is 0 Å². The molecule has 7 nitrogen and oxygen atoms in total. The number of ether oxygens (including phenoxy) is 3. The average molecular weight is 519 g/mol. The van der Waals surface area contributed by atoms with Crippen molar-refractivity contribution in [1.29, 1.82) is 0 Å². The lowest BCUT2D eigenvalue weighted by molar-refractivity contribution is -0.136. The number of carbonyl (C=O) groups excluding carboxylic acids is 1. The van der Waals surface area contributed by atoms with Crippen molar-refractivity contribution in [3.05, 3.63) is 88.5 Å². The summed E-state index contributed by atoms with van der Waals surface area (Å²) >= 11 is 13.5.